The van der Waals surface area contributed by atoms with E-state index in [1.165, 1.54) is 54.1 Å². The SMILES string of the molecule is CC(C)(C)NCc1sc(C2CCCC2)nc1C1CC1. The predicted octanol–water partition coefficient (Wildman–Crippen LogP) is 4.57. The highest BCUT2D eigenvalue weighted by molar-refractivity contribution is 7.11. The summed E-state index contributed by atoms with van der Waals surface area (Å²) in [5.41, 5.74) is 1.63. The molecule has 3 heteroatoms. The van der Waals surface area contributed by atoms with Crippen molar-refractivity contribution in [1.29, 1.82) is 0 Å². The maximum Gasteiger partial charge on any atom is 0.0962 e. The zero-order valence-corrected chi connectivity index (χ0v) is 13.3. The number of aromatic nitrogens is 1. The molecular formula is C16H26N2S. The zero-order valence-electron chi connectivity index (χ0n) is 12.5. The Bertz CT molecular complexity index is 434. The molecule has 0 saturated heterocycles. The molecule has 0 bridgehead atoms. The smallest absolute Gasteiger partial charge is 0.0962 e. The molecule has 2 saturated carbocycles. The molecule has 2 nitrogen and oxygen atoms in total. The van der Waals surface area contributed by atoms with Crippen molar-refractivity contribution in [1.82, 2.24) is 10.3 Å². The van der Waals surface area contributed by atoms with Crippen LogP contribution in [0.15, 0.2) is 0 Å². The summed E-state index contributed by atoms with van der Waals surface area (Å²) in [5, 5.41) is 5.07. The molecule has 2 aliphatic carbocycles. The standard InChI is InChI=1S/C16H26N2S/c1-16(2,3)17-10-13-14(11-8-9-11)18-15(19-13)12-6-4-5-7-12/h11-12,17H,4-10H2,1-3H3. The van der Waals surface area contributed by atoms with E-state index < -0.39 is 0 Å². The van der Waals surface area contributed by atoms with Crippen LogP contribution >= 0.6 is 11.3 Å². The number of hydrogen-bond donors (Lipinski definition) is 1. The van der Waals surface area contributed by atoms with Crippen LogP contribution < -0.4 is 5.32 Å². The fraction of sp³-hybridized carbons (Fsp3) is 0.812. The number of hydrogen-bond acceptors (Lipinski definition) is 3. The minimum atomic E-state index is 0.193. The lowest BCUT2D eigenvalue weighted by atomic mass is 10.1. The third-order valence-electron chi connectivity index (χ3n) is 4.19. The van der Waals surface area contributed by atoms with Gasteiger partial charge in [0.2, 0.25) is 0 Å². The van der Waals surface area contributed by atoms with E-state index in [1.807, 2.05) is 11.3 Å². The summed E-state index contributed by atoms with van der Waals surface area (Å²) in [6.45, 7) is 7.72. The summed E-state index contributed by atoms with van der Waals surface area (Å²) in [7, 11) is 0. The highest BCUT2D eigenvalue weighted by Gasteiger charge is 2.31. The van der Waals surface area contributed by atoms with Crippen molar-refractivity contribution in [2.45, 2.75) is 83.2 Å². The number of nitrogens with zero attached hydrogens (tertiary/aromatic N) is 1. The summed E-state index contributed by atoms with van der Waals surface area (Å²) < 4.78 is 0. The van der Waals surface area contributed by atoms with Gasteiger partial charge in [-0.25, -0.2) is 4.98 Å². The van der Waals surface area contributed by atoms with Gasteiger partial charge in [0.1, 0.15) is 0 Å². The molecular weight excluding hydrogens is 252 g/mol. The molecule has 0 radical (unpaired) electrons. The van der Waals surface area contributed by atoms with Crippen LogP contribution in [0.5, 0.6) is 0 Å². The molecule has 0 atom stereocenters. The maximum atomic E-state index is 5.03. The Morgan fingerprint density at radius 2 is 1.79 bits per heavy atom. The normalized spacial score (nSPS) is 21.2. The number of rotatable bonds is 4. The molecule has 1 N–H and O–H groups in total. The van der Waals surface area contributed by atoms with Crippen LogP contribution in [0.3, 0.4) is 0 Å². The molecule has 19 heavy (non-hydrogen) atoms. The van der Waals surface area contributed by atoms with Gasteiger partial charge in [-0.05, 0) is 46.5 Å². The van der Waals surface area contributed by atoms with Gasteiger partial charge in [0.05, 0.1) is 10.7 Å². The summed E-state index contributed by atoms with van der Waals surface area (Å²) in [6.07, 6.45) is 8.25. The van der Waals surface area contributed by atoms with E-state index in [2.05, 4.69) is 26.1 Å². The molecule has 2 aliphatic rings. The van der Waals surface area contributed by atoms with Crippen molar-refractivity contribution in [3.8, 4) is 0 Å². The van der Waals surface area contributed by atoms with Crippen LogP contribution in [0.1, 0.15) is 86.7 Å². The first-order valence-corrected chi connectivity index (χ1v) is 8.59. The lowest BCUT2D eigenvalue weighted by molar-refractivity contribution is 0.425. The number of nitrogens with one attached hydrogen (secondary N) is 1. The minimum absolute atomic E-state index is 0.193. The minimum Gasteiger partial charge on any atom is -0.307 e. The Kier molecular flexibility index (Phi) is 3.69. The van der Waals surface area contributed by atoms with Crippen molar-refractivity contribution in [3.63, 3.8) is 0 Å². The second kappa shape index (κ2) is 5.17. The van der Waals surface area contributed by atoms with E-state index >= 15 is 0 Å². The molecule has 1 heterocycles. The molecule has 106 valence electrons. The molecule has 0 amide bonds. The van der Waals surface area contributed by atoms with Gasteiger partial charge in [0, 0.05) is 28.8 Å². The number of thiazole rings is 1. The van der Waals surface area contributed by atoms with E-state index in [-0.39, 0.29) is 5.54 Å². The summed E-state index contributed by atoms with van der Waals surface area (Å²) in [6, 6.07) is 0. The van der Waals surface area contributed by atoms with E-state index in [0.29, 0.717) is 0 Å². The Morgan fingerprint density at radius 1 is 1.11 bits per heavy atom. The van der Waals surface area contributed by atoms with Crippen LogP contribution in [0, 0.1) is 0 Å². The Morgan fingerprint density at radius 3 is 2.37 bits per heavy atom. The first kappa shape index (κ1) is 13.6. The van der Waals surface area contributed by atoms with Gasteiger partial charge < -0.3 is 5.32 Å². The van der Waals surface area contributed by atoms with E-state index in [0.717, 1.165) is 18.4 Å². The third-order valence-corrected chi connectivity index (χ3v) is 5.43. The van der Waals surface area contributed by atoms with Crippen LogP contribution in [-0.4, -0.2) is 10.5 Å². The van der Waals surface area contributed by atoms with E-state index in [1.54, 1.807) is 0 Å². The van der Waals surface area contributed by atoms with Crippen molar-refractivity contribution in [2.75, 3.05) is 0 Å². The van der Waals surface area contributed by atoms with Crippen molar-refractivity contribution < 1.29 is 0 Å². The topological polar surface area (TPSA) is 24.9 Å². The maximum absolute atomic E-state index is 5.03. The zero-order chi connectivity index (χ0) is 13.5. The highest BCUT2D eigenvalue weighted by atomic mass is 32.1. The fourth-order valence-electron chi connectivity index (χ4n) is 2.88. The molecule has 0 spiro atoms. The van der Waals surface area contributed by atoms with Gasteiger partial charge in [-0.15, -0.1) is 11.3 Å². The molecule has 0 aliphatic heterocycles. The van der Waals surface area contributed by atoms with Crippen LogP contribution in [0.2, 0.25) is 0 Å². The van der Waals surface area contributed by atoms with Gasteiger partial charge in [0.15, 0.2) is 0 Å². The first-order chi connectivity index (χ1) is 9.03. The predicted molar refractivity (Wildman–Crippen MR) is 81.9 cm³/mol. The third kappa shape index (κ3) is 3.38. The Hall–Kier alpha value is -0.410. The summed E-state index contributed by atoms with van der Waals surface area (Å²) in [5.74, 6) is 1.55. The van der Waals surface area contributed by atoms with Crippen LogP contribution in [0.25, 0.3) is 0 Å². The van der Waals surface area contributed by atoms with E-state index in [9.17, 15) is 0 Å². The Labute approximate surface area is 121 Å². The fourth-order valence-corrected chi connectivity index (χ4v) is 4.14. The first-order valence-electron chi connectivity index (χ1n) is 7.77. The largest absolute Gasteiger partial charge is 0.307 e. The second-order valence-electron chi connectivity index (χ2n) is 7.22. The lowest BCUT2D eigenvalue weighted by Crippen LogP contribution is -2.35. The lowest BCUT2D eigenvalue weighted by Gasteiger charge is -2.20. The van der Waals surface area contributed by atoms with Gasteiger partial charge in [-0.2, -0.15) is 0 Å². The average molecular weight is 278 g/mol. The van der Waals surface area contributed by atoms with Gasteiger partial charge in [0.25, 0.3) is 0 Å². The summed E-state index contributed by atoms with van der Waals surface area (Å²) >= 11 is 1.99. The van der Waals surface area contributed by atoms with Gasteiger partial charge >= 0.3 is 0 Å². The van der Waals surface area contributed by atoms with Crippen LogP contribution in [-0.2, 0) is 6.54 Å². The monoisotopic (exact) mass is 278 g/mol. The van der Waals surface area contributed by atoms with Crippen LogP contribution in [0.4, 0.5) is 0 Å². The molecule has 0 aromatic carbocycles. The van der Waals surface area contributed by atoms with Gasteiger partial charge in [-0.3, -0.25) is 0 Å². The van der Waals surface area contributed by atoms with Crippen molar-refractivity contribution in [2.24, 2.45) is 0 Å². The highest BCUT2D eigenvalue weighted by Crippen LogP contribution is 2.45. The molecule has 1 aromatic heterocycles. The van der Waals surface area contributed by atoms with E-state index in [4.69, 9.17) is 4.98 Å². The summed E-state index contributed by atoms with van der Waals surface area (Å²) in [4.78, 5) is 6.55. The Balaban J connectivity index is 1.76. The molecule has 0 unspecified atom stereocenters. The average Bonchev–Trinajstić information content (AvgIpc) is 2.90. The second-order valence-corrected chi connectivity index (χ2v) is 8.33. The van der Waals surface area contributed by atoms with Crippen molar-refractivity contribution >= 4 is 11.3 Å². The molecule has 3 rings (SSSR count). The quantitative estimate of drug-likeness (QED) is 0.873. The van der Waals surface area contributed by atoms with Gasteiger partial charge in [-0.1, -0.05) is 12.8 Å². The molecule has 2 fully saturated rings. The molecule has 1 aromatic rings. The van der Waals surface area contributed by atoms with Crippen molar-refractivity contribution in [3.05, 3.63) is 15.6 Å².